The van der Waals surface area contributed by atoms with Crippen molar-refractivity contribution in [2.75, 3.05) is 6.61 Å². The number of aliphatic hydroxyl groups is 1. The maximum Gasteiger partial charge on any atom is 0.168 e. The van der Waals surface area contributed by atoms with Crippen molar-refractivity contribution < 1.29 is 9.84 Å². The minimum absolute atomic E-state index is 0.433. The van der Waals surface area contributed by atoms with Gasteiger partial charge in [0.15, 0.2) is 5.79 Å². The second kappa shape index (κ2) is 3.32. The zero-order valence-electron chi connectivity index (χ0n) is 9.55. The molecule has 2 aliphatic rings. The zero-order valence-corrected chi connectivity index (χ0v) is 10.5. The van der Waals surface area contributed by atoms with Crippen molar-refractivity contribution in [2.45, 2.75) is 56.7 Å². The Hall–Kier alpha value is 0.137. The minimum Gasteiger partial charge on any atom is -0.365 e. The van der Waals surface area contributed by atoms with E-state index >= 15 is 0 Å². The maximum absolute atomic E-state index is 10.3. The summed E-state index contributed by atoms with van der Waals surface area (Å²) in [7, 11) is -1.12. The van der Waals surface area contributed by atoms with Crippen LogP contribution in [0.3, 0.4) is 0 Å². The average molecular weight is 214 g/mol. The Balaban J connectivity index is 2.17. The first-order valence-electron chi connectivity index (χ1n) is 5.80. The molecule has 1 saturated carbocycles. The van der Waals surface area contributed by atoms with Crippen LogP contribution in [0.15, 0.2) is 0 Å². The standard InChI is InChI=1S/C11H22O2Si/c1-14(2,3)10-6-7-11(12)9(10)5-4-8-13-11/h9-10,12H,4-8H2,1-3H3/t9-,10+,11?/m1/s1. The lowest BCUT2D eigenvalue weighted by atomic mass is 9.94. The molecule has 0 amide bonds. The van der Waals surface area contributed by atoms with Gasteiger partial charge in [-0.05, 0) is 24.8 Å². The third-order valence-electron chi connectivity index (χ3n) is 4.00. The molecule has 1 aliphatic carbocycles. The Bertz CT molecular complexity index is 224. The molecule has 82 valence electrons. The highest BCUT2D eigenvalue weighted by molar-refractivity contribution is 6.77. The molecule has 0 radical (unpaired) electrons. The van der Waals surface area contributed by atoms with Gasteiger partial charge in [-0.3, -0.25) is 0 Å². The summed E-state index contributed by atoms with van der Waals surface area (Å²) >= 11 is 0. The minimum atomic E-state index is -1.12. The first kappa shape index (κ1) is 10.6. The van der Waals surface area contributed by atoms with Crippen LogP contribution in [-0.4, -0.2) is 25.6 Å². The first-order valence-corrected chi connectivity index (χ1v) is 9.37. The van der Waals surface area contributed by atoms with Crippen molar-refractivity contribution in [3.05, 3.63) is 0 Å². The molecule has 1 unspecified atom stereocenters. The second-order valence-corrected chi connectivity index (χ2v) is 11.4. The number of hydrogen-bond acceptors (Lipinski definition) is 2. The Morgan fingerprint density at radius 3 is 2.64 bits per heavy atom. The molecule has 0 bridgehead atoms. The third kappa shape index (κ3) is 1.66. The Morgan fingerprint density at radius 2 is 2.00 bits per heavy atom. The predicted octanol–water partition coefficient (Wildman–Crippen LogP) is 2.60. The number of hydrogen-bond donors (Lipinski definition) is 1. The molecule has 14 heavy (non-hydrogen) atoms. The Kier molecular flexibility index (Phi) is 2.53. The van der Waals surface area contributed by atoms with Gasteiger partial charge >= 0.3 is 0 Å². The molecule has 0 aromatic heterocycles. The van der Waals surface area contributed by atoms with Crippen LogP contribution in [0.5, 0.6) is 0 Å². The van der Waals surface area contributed by atoms with E-state index in [4.69, 9.17) is 4.74 Å². The van der Waals surface area contributed by atoms with Crippen LogP contribution in [0.4, 0.5) is 0 Å². The zero-order chi connectivity index (χ0) is 10.4. The van der Waals surface area contributed by atoms with Crippen molar-refractivity contribution in [1.29, 1.82) is 0 Å². The fourth-order valence-electron chi connectivity index (χ4n) is 3.26. The van der Waals surface area contributed by atoms with Gasteiger partial charge in [-0.25, -0.2) is 0 Å². The molecule has 0 aromatic rings. The van der Waals surface area contributed by atoms with E-state index in [-0.39, 0.29) is 0 Å². The lowest BCUT2D eigenvalue weighted by Gasteiger charge is -2.40. The molecule has 2 nitrogen and oxygen atoms in total. The molecule has 1 N–H and O–H groups in total. The van der Waals surface area contributed by atoms with Gasteiger partial charge in [-0.15, -0.1) is 0 Å². The van der Waals surface area contributed by atoms with Crippen LogP contribution in [0, 0.1) is 5.92 Å². The molecule has 3 heteroatoms. The van der Waals surface area contributed by atoms with Crippen LogP contribution in [0.1, 0.15) is 25.7 Å². The van der Waals surface area contributed by atoms with Gasteiger partial charge in [0.1, 0.15) is 0 Å². The largest absolute Gasteiger partial charge is 0.365 e. The molecule has 2 fully saturated rings. The Labute approximate surface area is 87.7 Å². The summed E-state index contributed by atoms with van der Waals surface area (Å²) in [6, 6.07) is 0. The van der Waals surface area contributed by atoms with Crippen LogP contribution in [0.2, 0.25) is 25.2 Å². The summed E-state index contributed by atoms with van der Waals surface area (Å²) in [4.78, 5) is 0. The summed E-state index contributed by atoms with van der Waals surface area (Å²) in [6.45, 7) is 8.00. The van der Waals surface area contributed by atoms with E-state index in [0.29, 0.717) is 5.92 Å². The first-order chi connectivity index (χ1) is 6.43. The second-order valence-electron chi connectivity index (χ2n) is 5.95. The van der Waals surface area contributed by atoms with Gasteiger partial charge in [0.05, 0.1) is 6.61 Å². The highest BCUT2D eigenvalue weighted by Crippen LogP contribution is 2.53. The molecule has 3 atom stereocenters. The molecule has 0 spiro atoms. The van der Waals surface area contributed by atoms with Crippen LogP contribution < -0.4 is 0 Å². The van der Waals surface area contributed by atoms with Gasteiger partial charge in [0.2, 0.25) is 0 Å². The van der Waals surface area contributed by atoms with Crippen LogP contribution in [-0.2, 0) is 4.74 Å². The van der Waals surface area contributed by atoms with Gasteiger partial charge in [0, 0.05) is 20.4 Å². The third-order valence-corrected chi connectivity index (χ3v) is 6.92. The van der Waals surface area contributed by atoms with Crippen molar-refractivity contribution in [1.82, 2.24) is 0 Å². The summed E-state index contributed by atoms with van der Waals surface area (Å²) in [5, 5.41) is 10.3. The molecule has 0 aromatic carbocycles. The normalized spacial score (nSPS) is 43.7. The van der Waals surface area contributed by atoms with Crippen LogP contribution in [0.25, 0.3) is 0 Å². The SMILES string of the molecule is C[Si](C)(C)[C@H]1CCC2(O)OCCC[C@H]12. The van der Waals surface area contributed by atoms with E-state index in [1.54, 1.807) is 0 Å². The van der Waals surface area contributed by atoms with Gasteiger partial charge < -0.3 is 9.84 Å². The van der Waals surface area contributed by atoms with Crippen molar-refractivity contribution in [2.24, 2.45) is 5.92 Å². The quantitative estimate of drug-likeness (QED) is 0.680. The molecular weight excluding hydrogens is 192 g/mol. The maximum atomic E-state index is 10.3. The average Bonchev–Trinajstić information content (AvgIpc) is 2.40. The van der Waals surface area contributed by atoms with Gasteiger partial charge in [0.25, 0.3) is 0 Å². The van der Waals surface area contributed by atoms with E-state index < -0.39 is 13.9 Å². The lowest BCUT2D eigenvalue weighted by molar-refractivity contribution is -0.243. The molecule has 1 saturated heterocycles. The smallest absolute Gasteiger partial charge is 0.168 e. The van der Waals surface area contributed by atoms with Crippen molar-refractivity contribution >= 4 is 8.07 Å². The fourth-order valence-corrected chi connectivity index (χ4v) is 5.90. The van der Waals surface area contributed by atoms with E-state index in [1.807, 2.05) is 0 Å². The van der Waals surface area contributed by atoms with E-state index in [9.17, 15) is 5.11 Å². The monoisotopic (exact) mass is 214 g/mol. The van der Waals surface area contributed by atoms with Gasteiger partial charge in [-0.2, -0.15) is 0 Å². The number of ether oxygens (including phenoxy) is 1. The van der Waals surface area contributed by atoms with Gasteiger partial charge in [-0.1, -0.05) is 19.6 Å². The molecule has 1 heterocycles. The summed E-state index contributed by atoms with van der Waals surface area (Å²) in [6.07, 6.45) is 4.35. The summed E-state index contributed by atoms with van der Waals surface area (Å²) < 4.78 is 5.59. The topological polar surface area (TPSA) is 29.5 Å². The number of fused-ring (bicyclic) bond motifs is 1. The highest BCUT2D eigenvalue weighted by Gasteiger charge is 2.53. The van der Waals surface area contributed by atoms with E-state index in [0.717, 1.165) is 25.0 Å². The molecular formula is C11H22O2Si. The fraction of sp³-hybridized carbons (Fsp3) is 1.00. The predicted molar refractivity (Wildman–Crippen MR) is 60.0 cm³/mol. The van der Waals surface area contributed by atoms with Crippen molar-refractivity contribution in [3.8, 4) is 0 Å². The lowest BCUT2D eigenvalue weighted by Crippen LogP contribution is -2.44. The van der Waals surface area contributed by atoms with E-state index in [2.05, 4.69) is 19.6 Å². The Morgan fingerprint density at radius 1 is 1.29 bits per heavy atom. The molecule has 2 rings (SSSR count). The highest BCUT2D eigenvalue weighted by atomic mass is 28.3. The summed E-state index contributed by atoms with van der Waals surface area (Å²) in [5.41, 5.74) is 0.757. The van der Waals surface area contributed by atoms with Crippen molar-refractivity contribution in [3.63, 3.8) is 0 Å². The molecule has 1 aliphatic heterocycles. The van der Waals surface area contributed by atoms with Crippen LogP contribution >= 0.6 is 0 Å². The number of rotatable bonds is 1. The van der Waals surface area contributed by atoms with E-state index in [1.165, 1.54) is 12.8 Å². The summed E-state index contributed by atoms with van der Waals surface area (Å²) in [5.74, 6) is -0.314.